The van der Waals surface area contributed by atoms with Gasteiger partial charge in [0.15, 0.2) is 11.5 Å². The highest BCUT2D eigenvalue weighted by Gasteiger charge is 2.14. The van der Waals surface area contributed by atoms with Gasteiger partial charge in [-0.25, -0.2) is 4.98 Å². The highest BCUT2D eigenvalue weighted by molar-refractivity contribution is 5.93. The molecule has 146 valence electrons. The van der Waals surface area contributed by atoms with Gasteiger partial charge in [-0.1, -0.05) is 18.9 Å². The molecule has 0 unspecified atom stereocenters. The Kier molecular flexibility index (Phi) is 5.41. The van der Waals surface area contributed by atoms with Gasteiger partial charge in [0, 0.05) is 31.9 Å². The van der Waals surface area contributed by atoms with Crippen LogP contribution in [0.3, 0.4) is 0 Å². The summed E-state index contributed by atoms with van der Waals surface area (Å²) < 4.78 is 5.55. The van der Waals surface area contributed by atoms with Crippen LogP contribution in [-0.4, -0.2) is 34.2 Å². The third-order valence-corrected chi connectivity index (χ3v) is 5.01. The van der Waals surface area contributed by atoms with Crippen molar-refractivity contribution in [3.05, 3.63) is 53.5 Å². The number of hydrogen-bond donors (Lipinski definition) is 2. The van der Waals surface area contributed by atoms with E-state index in [-0.39, 0.29) is 5.91 Å². The van der Waals surface area contributed by atoms with Crippen molar-refractivity contribution in [1.29, 1.82) is 0 Å². The van der Waals surface area contributed by atoms with Crippen LogP contribution in [0.4, 0.5) is 5.82 Å². The van der Waals surface area contributed by atoms with Crippen molar-refractivity contribution in [3.8, 4) is 11.5 Å². The van der Waals surface area contributed by atoms with E-state index in [4.69, 9.17) is 4.42 Å². The molecule has 3 aromatic heterocycles. The van der Waals surface area contributed by atoms with Crippen molar-refractivity contribution in [2.24, 2.45) is 0 Å². The predicted octanol–water partition coefficient (Wildman–Crippen LogP) is 3.68. The zero-order valence-electron chi connectivity index (χ0n) is 16.1. The number of aryl methyl sites for hydroxylation is 1. The van der Waals surface area contributed by atoms with Crippen molar-refractivity contribution in [1.82, 2.24) is 20.5 Å². The fourth-order valence-corrected chi connectivity index (χ4v) is 3.42. The van der Waals surface area contributed by atoms with E-state index in [1.165, 1.54) is 25.7 Å². The van der Waals surface area contributed by atoms with Gasteiger partial charge in [0.2, 0.25) is 0 Å². The molecule has 1 aliphatic heterocycles. The fourth-order valence-electron chi connectivity index (χ4n) is 3.42. The Morgan fingerprint density at radius 3 is 2.68 bits per heavy atom. The lowest BCUT2D eigenvalue weighted by atomic mass is 10.2. The molecule has 0 aromatic carbocycles. The van der Waals surface area contributed by atoms with Gasteiger partial charge in [0.1, 0.15) is 17.3 Å². The highest BCUT2D eigenvalue weighted by Crippen LogP contribution is 2.20. The molecule has 0 bridgehead atoms. The number of H-pyrrole nitrogens is 1. The quantitative estimate of drug-likeness (QED) is 0.706. The number of amides is 1. The highest BCUT2D eigenvalue weighted by atomic mass is 16.3. The Bertz CT molecular complexity index is 920. The van der Waals surface area contributed by atoms with Crippen LogP contribution in [0, 0.1) is 6.92 Å². The molecule has 4 heterocycles. The standard InChI is InChI=1S/C21H25N5O2/c1-15-6-8-19(28-15)17-12-18(25-24-17)21(27)23-14-16-7-9-20(22-13-16)26-10-4-2-3-5-11-26/h6-9,12-13H,2-5,10-11,14H2,1H3,(H,23,27)(H,24,25). The Balaban J connectivity index is 1.34. The second kappa shape index (κ2) is 8.29. The molecule has 1 saturated heterocycles. The van der Waals surface area contributed by atoms with Crippen LogP contribution in [0.25, 0.3) is 11.5 Å². The number of carbonyl (C=O) groups is 1. The molecule has 0 saturated carbocycles. The third kappa shape index (κ3) is 4.24. The topological polar surface area (TPSA) is 87.0 Å². The van der Waals surface area contributed by atoms with Gasteiger partial charge < -0.3 is 14.6 Å². The van der Waals surface area contributed by atoms with E-state index < -0.39 is 0 Å². The molecule has 0 radical (unpaired) electrons. The maximum atomic E-state index is 12.4. The first-order chi connectivity index (χ1) is 13.7. The van der Waals surface area contributed by atoms with Gasteiger partial charge in [-0.3, -0.25) is 9.89 Å². The van der Waals surface area contributed by atoms with Crippen molar-refractivity contribution < 1.29 is 9.21 Å². The molecule has 2 N–H and O–H groups in total. The minimum atomic E-state index is -0.234. The van der Waals surface area contributed by atoms with Gasteiger partial charge in [0.25, 0.3) is 5.91 Å². The predicted molar refractivity (Wildman–Crippen MR) is 107 cm³/mol. The average Bonchev–Trinajstić information content (AvgIpc) is 3.28. The summed E-state index contributed by atoms with van der Waals surface area (Å²) in [6.07, 6.45) is 6.89. The first kappa shape index (κ1) is 18.3. The number of nitrogens with one attached hydrogen (secondary N) is 2. The second-order valence-corrected chi connectivity index (χ2v) is 7.19. The zero-order valence-corrected chi connectivity index (χ0v) is 16.1. The average molecular weight is 379 g/mol. The van der Waals surface area contributed by atoms with Crippen LogP contribution in [0.5, 0.6) is 0 Å². The van der Waals surface area contributed by atoms with E-state index in [1.54, 1.807) is 6.07 Å². The Morgan fingerprint density at radius 2 is 2.00 bits per heavy atom. The molecule has 1 fully saturated rings. The number of aromatic nitrogens is 3. The Hall–Kier alpha value is -3.09. The summed E-state index contributed by atoms with van der Waals surface area (Å²) >= 11 is 0. The van der Waals surface area contributed by atoms with Gasteiger partial charge in [0.05, 0.1) is 0 Å². The Labute approximate surface area is 164 Å². The summed E-state index contributed by atoms with van der Waals surface area (Å²) in [6, 6.07) is 9.47. The molecule has 0 atom stereocenters. The largest absolute Gasteiger partial charge is 0.460 e. The first-order valence-electron chi connectivity index (χ1n) is 9.79. The van der Waals surface area contributed by atoms with Crippen molar-refractivity contribution >= 4 is 11.7 Å². The molecule has 3 aromatic rings. The van der Waals surface area contributed by atoms with Crippen LogP contribution in [0.1, 0.15) is 47.5 Å². The van der Waals surface area contributed by atoms with Gasteiger partial charge in [-0.2, -0.15) is 5.10 Å². The number of pyridine rings is 1. The van der Waals surface area contributed by atoms with Crippen LogP contribution in [-0.2, 0) is 6.54 Å². The summed E-state index contributed by atoms with van der Waals surface area (Å²) in [4.78, 5) is 19.3. The molecule has 7 heteroatoms. The van der Waals surface area contributed by atoms with Crippen molar-refractivity contribution in [2.75, 3.05) is 18.0 Å². The third-order valence-electron chi connectivity index (χ3n) is 5.01. The number of hydrogen-bond acceptors (Lipinski definition) is 5. The number of anilines is 1. The molecular weight excluding hydrogens is 354 g/mol. The summed E-state index contributed by atoms with van der Waals surface area (Å²) in [7, 11) is 0. The van der Waals surface area contributed by atoms with Crippen LogP contribution < -0.4 is 10.2 Å². The Morgan fingerprint density at radius 1 is 1.18 bits per heavy atom. The summed E-state index contributed by atoms with van der Waals surface area (Å²) in [5.74, 6) is 2.26. The lowest BCUT2D eigenvalue weighted by Crippen LogP contribution is -2.25. The van der Waals surface area contributed by atoms with Gasteiger partial charge in [-0.05, 0) is 43.5 Å². The molecule has 1 aliphatic rings. The molecule has 28 heavy (non-hydrogen) atoms. The summed E-state index contributed by atoms with van der Waals surface area (Å²) in [6.45, 7) is 4.42. The summed E-state index contributed by atoms with van der Waals surface area (Å²) in [5, 5.41) is 9.81. The smallest absolute Gasteiger partial charge is 0.272 e. The van der Waals surface area contributed by atoms with Crippen molar-refractivity contribution in [3.63, 3.8) is 0 Å². The number of nitrogens with zero attached hydrogens (tertiary/aromatic N) is 3. The van der Waals surface area contributed by atoms with Gasteiger partial charge >= 0.3 is 0 Å². The number of furan rings is 1. The maximum Gasteiger partial charge on any atom is 0.272 e. The molecule has 0 aliphatic carbocycles. The molecular formula is C21H25N5O2. The van der Waals surface area contributed by atoms with Crippen LogP contribution >= 0.6 is 0 Å². The fraction of sp³-hybridized carbons (Fsp3) is 0.381. The van der Waals surface area contributed by atoms with Crippen LogP contribution in [0.15, 0.2) is 40.9 Å². The first-order valence-corrected chi connectivity index (χ1v) is 9.79. The lowest BCUT2D eigenvalue weighted by molar-refractivity contribution is 0.0946. The SMILES string of the molecule is Cc1ccc(-c2cc(C(=O)NCc3ccc(N4CCCCCC4)nc3)n[nH]2)o1. The van der Waals surface area contributed by atoms with E-state index in [2.05, 4.69) is 25.4 Å². The molecule has 4 rings (SSSR count). The normalized spacial score (nSPS) is 14.7. The number of aromatic amines is 1. The lowest BCUT2D eigenvalue weighted by Gasteiger charge is -2.21. The minimum Gasteiger partial charge on any atom is -0.460 e. The second-order valence-electron chi connectivity index (χ2n) is 7.19. The molecule has 7 nitrogen and oxygen atoms in total. The summed E-state index contributed by atoms with van der Waals surface area (Å²) in [5.41, 5.74) is 1.98. The van der Waals surface area contributed by atoms with Crippen molar-refractivity contribution in [2.45, 2.75) is 39.2 Å². The molecule has 0 spiro atoms. The van der Waals surface area contributed by atoms with E-state index in [1.807, 2.05) is 37.4 Å². The number of rotatable bonds is 5. The van der Waals surface area contributed by atoms with Crippen LogP contribution in [0.2, 0.25) is 0 Å². The minimum absolute atomic E-state index is 0.234. The molecule has 1 amide bonds. The maximum absolute atomic E-state index is 12.4. The van der Waals surface area contributed by atoms with Gasteiger partial charge in [-0.15, -0.1) is 0 Å². The zero-order chi connectivity index (χ0) is 19.3. The monoisotopic (exact) mass is 379 g/mol. The van der Waals surface area contributed by atoms with E-state index >= 15 is 0 Å². The van der Waals surface area contributed by atoms with E-state index in [9.17, 15) is 4.79 Å². The number of carbonyl (C=O) groups excluding carboxylic acids is 1. The van der Waals surface area contributed by atoms with E-state index in [0.29, 0.717) is 23.7 Å². The van der Waals surface area contributed by atoms with E-state index in [0.717, 1.165) is 30.2 Å².